The van der Waals surface area contributed by atoms with Crippen LogP contribution in [0.25, 0.3) is 11.7 Å². The molecule has 3 rings (SSSR count). The van der Waals surface area contributed by atoms with Gasteiger partial charge in [-0.15, -0.1) is 10.2 Å². The topological polar surface area (TPSA) is 91.9 Å². The average Bonchev–Trinajstić information content (AvgIpc) is 3.10. The minimum atomic E-state index is -0.378. The zero-order valence-corrected chi connectivity index (χ0v) is 12.0. The molecular weight excluding hydrogens is 274 g/mol. The van der Waals surface area contributed by atoms with E-state index < -0.39 is 0 Å². The lowest BCUT2D eigenvalue weighted by molar-refractivity contribution is 0.339. The Morgan fingerprint density at radius 1 is 1.29 bits per heavy atom. The second-order valence-electron chi connectivity index (χ2n) is 5.60. The van der Waals surface area contributed by atoms with E-state index >= 15 is 0 Å². The van der Waals surface area contributed by atoms with E-state index in [4.69, 9.17) is 8.83 Å². The van der Waals surface area contributed by atoms with Crippen LogP contribution in [0.3, 0.4) is 0 Å². The van der Waals surface area contributed by atoms with Gasteiger partial charge in [0.1, 0.15) is 12.9 Å². The van der Waals surface area contributed by atoms with Gasteiger partial charge in [0.15, 0.2) is 5.76 Å². The molecule has 0 N–H and O–H groups in total. The lowest BCUT2D eigenvalue weighted by Gasteiger charge is -2.16. The van der Waals surface area contributed by atoms with Gasteiger partial charge in [0.2, 0.25) is 5.89 Å². The third-order valence-electron chi connectivity index (χ3n) is 2.87. The molecule has 0 aliphatic rings. The predicted molar refractivity (Wildman–Crippen MR) is 72.6 cm³/mol. The largest absolute Gasteiger partial charge is 0.459 e. The molecule has 0 atom stereocenters. The van der Waals surface area contributed by atoms with Gasteiger partial charge in [0.25, 0.3) is 5.89 Å². The third kappa shape index (κ3) is 2.51. The van der Waals surface area contributed by atoms with E-state index in [-0.39, 0.29) is 23.7 Å². The zero-order chi connectivity index (χ0) is 15.0. The van der Waals surface area contributed by atoms with Gasteiger partial charge in [-0.1, -0.05) is 0 Å². The molecule has 8 heteroatoms. The van der Waals surface area contributed by atoms with Gasteiger partial charge in [-0.05, 0) is 32.9 Å². The zero-order valence-electron chi connectivity index (χ0n) is 12.0. The van der Waals surface area contributed by atoms with Crippen LogP contribution < -0.4 is 5.69 Å². The standard InChI is InChI=1S/C13H15N5O3/c1-13(2,3)18-12(19)17(8-14-18)7-10-15-16-11(21-10)9-5-4-6-20-9/h4-6,8H,7H2,1-3H3. The van der Waals surface area contributed by atoms with Crippen LogP contribution >= 0.6 is 0 Å². The minimum absolute atomic E-state index is 0.169. The average molecular weight is 289 g/mol. The summed E-state index contributed by atoms with van der Waals surface area (Å²) in [7, 11) is 0. The molecule has 21 heavy (non-hydrogen) atoms. The van der Waals surface area contributed by atoms with Crippen LogP contribution in [-0.4, -0.2) is 24.5 Å². The molecule has 0 spiro atoms. The molecule has 0 amide bonds. The molecule has 3 aromatic rings. The molecule has 8 nitrogen and oxygen atoms in total. The van der Waals surface area contributed by atoms with Crippen molar-refractivity contribution in [3.63, 3.8) is 0 Å². The van der Waals surface area contributed by atoms with Gasteiger partial charge < -0.3 is 8.83 Å². The Hall–Kier alpha value is -2.64. The monoisotopic (exact) mass is 289 g/mol. The highest BCUT2D eigenvalue weighted by molar-refractivity contribution is 5.42. The van der Waals surface area contributed by atoms with Crippen molar-refractivity contribution in [2.24, 2.45) is 0 Å². The third-order valence-corrected chi connectivity index (χ3v) is 2.87. The van der Waals surface area contributed by atoms with Crippen molar-refractivity contribution < 1.29 is 8.83 Å². The van der Waals surface area contributed by atoms with Crippen LogP contribution in [0.15, 0.2) is 38.4 Å². The number of aromatic nitrogens is 5. The molecule has 0 bridgehead atoms. The molecule has 3 heterocycles. The van der Waals surface area contributed by atoms with Crippen LogP contribution in [0.1, 0.15) is 26.7 Å². The summed E-state index contributed by atoms with van der Waals surface area (Å²) >= 11 is 0. The summed E-state index contributed by atoms with van der Waals surface area (Å²) in [5, 5.41) is 11.9. The maximum absolute atomic E-state index is 12.2. The molecular formula is C13H15N5O3. The number of hydrogen-bond acceptors (Lipinski definition) is 6. The highest BCUT2D eigenvalue weighted by atomic mass is 16.4. The molecule has 0 saturated carbocycles. The number of furan rings is 1. The molecule has 0 saturated heterocycles. The fourth-order valence-corrected chi connectivity index (χ4v) is 1.87. The first-order chi connectivity index (χ1) is 9.95. The van der Waals surface area contributed by atoms with Crippen molar-refractivity contribution in [1.82, 2.24) is 24.5 Å². The summed E-state index contributed by atoms with van der Waals surface area (Å²) in [4.78, 5) is 12.2. The molecule has 3 aromatic heterocycles. The Kier molecular flexibility index (Phi) is 3.00. The predicted octanol–water partition coefficient (Wildman–Crippen LogP) is 1.49. The summed E-state index contributed by atoms with van der Waals surface area (Å²) in [5.74, 6) is 1.09. The van der Waals surface area contributed by atoms with E-state index in [1.807, 2.05) is 20.8 Å². The number of rotatable bonds is 3. The van der Waals surface area contributed by atoms with E-state index in [1.165, 1.54) is 21.8 Å². The fraction of sp³-hybridized carbons (Fsp3) is 0.385. The van der Waals surface area contributed by atoms with Crippen LogP contribution in [0.2, 0.25) is 0 Å². The Labute approximate surface area is 120 Å². The SMILES string of the molecule is CC(C)(C)n1ncn(Cc2nnc(-c3ccco3)o2)c1=O. The smallest absolute Gasteiger partial charge is 0.346 e. The maximum Gasteiger partial charge on any atom is 0.346 e. The van der Waals surface area contributed by atoms with Crippen molar-refractivity contribution >= 4 is 0 Å². The van der Waals surface area contributed by atoms with Gasteiger partial charge in [0.05, 0.1) is 11.8 Å². The van der Waals surface area contributed by atoms with Crippen molar-refractivity contribution in [3.8, 4) is 11.7 Å². The Morgan fingerprint density at radius 2 is 2.10 bits per heavy atom. The van der Waals surface area contributed by atoms with Gasteiger partial charge in [-0.25, -0.2) is 9.48 Å². The van der Waals surface area contributed by atoms with Crippen molar-refractivity contribution in [2.45, 2.75) is 32.9 Å². The van der Waals surface area contributed by atoms with Gasteiger partial charge in [-0.3, -0.25) is 4.57 Å². The summed E-state index contributed by atoms with van der Waals surface area (Å²) in [6, 6.07) is 3.46. The molecule has 110 valence electrons. The fourth-order valence-electron chi connectivity index (χ4n) is 1.87. The van der Waals surface area contributed by atoms with Gasteiger partial charge >= 0.3 is 5.69 Å². The van der Waals surface area contributed by atoms with E-state index in [0.717, 1.165) is 0 Å². The number of nitrogens with zero attached hydrogens (tertiary/aromatic N) is 5. The molecule has 0 aromatic carbocycles. The quantitative estimate of drug-likeness (QED) is 0.725. The summed E-state index contributed by atoms with van der Waals surface area (Å²) in [6.45, 7) is 5.90. The number of hydrogen-bond donors (Lipinski definition) is 0. The minimum Gasteiger partial charge on any atom is -0.459 e. The van der Waals surface area contributed by atoms with Crippen LogP contribution in [-0.2, 0) is 12.1 Å². The van der Waals surface area contributed by atoms with E-state index in [2.05, 4.69) is 15.3 Å². The lowest BCUT2D eigenvalue weighted by Crippen LogP contribution is -2.35. The molecule has 0 fully saturated rings. The van der Waals surface area contributed by atoms with Gasteiger partial charge in [0, 0.05) is 0 Å². The Bertz CT molecular complexity index is 788. The normalized spacial score (nSPS) is 12.0. The van der Waals surface area contributed by atoms with Crippen molar-refractivity contribution in [2.75, 3.05) is 0 Å². The summed E-state index contributed by atoms with van der Waals surface area (Å²) in [6.07, 6.45) is 2.99. The van der Waals surface area contributed by atoms with Crippen LogP contribution in [0.4, 0.5) is 0 Å². The highest BCUT2D eigenvalue weighted by Crippen LogP contribution is 2.18. The van der Waals surface area contributed by atoms with Gasteiger partial charge in [-0.2, -0.15) is 5.10 Å². The Balaban J connectivity index is 1.85. The van der Waals surface area contributed by atoms with E-state index in [0.29, 0.717) is 11.7 Å². The van der Waals surface area contributed by atoms with Crippen LogP contribution in [0.5, 0.6) is 0 Å². The van der Waals surface area contributed by atoms with Crippen LogP contribution in [0, 0.1) is 0 Å². The lowest BCUT2D eigenvalue weighted by atomic mass is 10.1. The van der Waals surface area contributed by atoms with Crippen molar-refractivity contribution in [3.05, 3.63) is 41.1 Å². The molecule has 0 aliphatic heterocycles. The van der Waals surface area contributed by atoms with Crippen molar-refractivity contribution in [1.29, 1.82) is 0 Å². The Morgan fingerprint density at radius 3 is 2.71 bits per heavy atom. The summed E-state index contributed by atoms with van der Waals surface area (Å²) in [5.41, 5.74) is -0.600. The first-order valence-electron chi connectivity index (χ1n) is 6.46. The highest BCUT2D eigenvalue weighted by Gasteiger charge is 2.19. The van der Waals surface area contributed by atoms with E-state index in [9.17, 15) is 4.79 Å². The second kappa shape index (κ2) is 4.72. The summed E-state index contributed by atoms with van der Waals surface area (Å²) < 4.78 is 13.5. The molecule has 0 unspecified atom stereocenters. The first kappa shape index (κ1) is 13.3. The molecule has 0 radical (unpaired) electrons. The van der Waals surface area contributed by atoms with E-state index in [1.54, 1.807) is 12.1 Å². The second-order valence-corrected chi connectivity index (χ2v) is 5.60. The maximum atomic E-state index is 12.2. The first-order valence-corrected chi connectivity index (χ1v) is 6.46. The molecule has 0 aliphatic carbocycles.